The Morgan fingerprint density at radius 2 is 2.00 bits per heavy atom. The largest absolute Gasteiger partial charge is 0.389 e. The molecule has 0 bridgehead atoms. The summed E-state index contributed by atoms with van der Waals surface area (Å²) in [4.78, 5) is 0. The van der Waals surface area contributed by atoms with E-state index in [-0.39, 0.29) is 0 Å². The molecule has 0 heterocycles. The Balaban J connectivity index is 3.72. The fourth-order valence-corrected chi connectivity index (χ4v) is 0.109. The van der Waals surface area contributed by atoms with Gasteiger partial charge in [0.2, 0.25) is 0 Å². The van der Waals surface area contributed by atoms with Gasteiger partial charge in [-0.25, -0.2) is 8.78 Å². The van der Waals surface area contributed by atoms with Crippen LogP contribution in [-0.4, -0.2) is 11.7 Å². The van der Waals surface area contributed by atoms with Gasteiger partial charge in [-0.05, 0) is 6.92 Å². The van der Waals surface area contributed by atoms with Crippen LogP contribution >= 0.6 is 0 Å². The molecule has 0 saturated carbocycles. The van der Waals surface area contributed by atoms with Crippen molar-refractivity contribution in [2.45, 2.75) is 6.92 Å². The summed E-state index contributed by atoms with van der Waals surface area (Å²) in [5.74, 6) is -2.05. The number of hydrogen-bond acceptors (Lipinski definition) is 1. The minimum Gasteiger partial charge on any atom is -0.389 e. The number of allylic oxidation sites excluding steroid dienone is 1. The molecule has 3 heteroatoms. The highest BCUT2D eigenvalue weighted by molar-refractivity contribution is 4.95. The van der Waals surface area contributed by atoms with E-state index >= 15 is 0 Å². The van der Waals surface area contributed by atoms with Crippen molar-refractivity contribution < 1.29 is 13.9 Å². The van der Waals surface area contributed by atoms with E-state index in [4.69, 9.17) is 5.11 Å². The van der Waals surface area contributed by atoms with Crippen molar-refractivity contribution in [1.82, 2.24) is 0 Å². The van der Waals surface area contributed by atoms with Crippen LogP contribution in [-0.2, 0) is 0 Å². The number of rotatable bonds is 1. The van der Waals surface area contributed by atoms with Gasteiger partial charge in [-0.3, -0.25) is 0 Å². The lowest BCUT2D eigenvalue weighted by molar-refractivity contribution is 0.289. The molecular formula is C4H6F2O. The Kier molecular flexibility index (Phi) is 2.52. The number of aliphatic hydroxyl groups excluding tert-OH is 1. The fraction of sp³-hybridized carbons (Fsp3) is 0.500. The predicted octanol–water partition coefficient (Wildman–Crippen LogP) is 1.15. The molecule has 0 aromatic rings. The van der Waals surface area contributed by atoms with E-state index in [1.54, 1.807) is 0 Å². The van der Waals surface area contributed by atoms with Crippen molar-refractivity contribution in [1.29, 1.82) is 0 Å². The smallest absolute Gasteiger partial charge is 0.156 e. The zero-order chi connectivity index (χ0) is 5.86. The first-order valence-electron chi connectivity index (χ1n) is 1.80. The van der Waals surface area contributed by atoms with E-state index < -0.39 is 18.3 Å². The zero-order valence-corrected chi connectivity index (χ0v) is 3.91. The van der Waals surface area contributed by atoms with Crippen molar-refractivity contribution in [2.75, 3.05) is 6.61 Å². The second-order valence-electron chi connectivity index (χ2n) is 1.10. The molecular weight excluding hydrogens is 102 g/mol. The average molecular weight is 108 g/mol. The van der Waals surface area contributed by atoms with Gasteiger partial charge in [-0.1, -0.05) is 0 Å². The van der Waals surface area contributed by atoms with Crippen LogP contribution in [0.4, 0.5) is 8.78 Å². The summed E-state index contributed by atoms with van der Waals surface area (Å²) in [6, 6.07) is 0. The second-order valence-corrected chi connectivity index (χ2v) is 1.10. The highest BCUT2D eigenvalue weighted by atomic mass is 19.2. The van der Waals surface area contributed by atoms with E-state index in [1.165, 1.54) is 0 Å². The average Bonchev–Trinajstić information content (AvgIpc) is 1.65. The maximum Gasteiger partial charge on any atom is 0.156 e. The molecule has 0 spiro atoms. The van der Waals surface area contributed by atoms with Gasteiger partial charge in [-0.2, -0.15) is 0 Å². The summed E-state index contributed by atoms with van der Waals surface area (Å²) in [7, 11) is 0. The van der Waals surface area contributed by atoms with Crippen LogP contribution in [0.2, 0.25) is 0 Å². The Hall–Kier alpha value is -0.440. The molecule has 42 valence electrons. The number of halogens is 2. The van der Waals surface area contributed by atoms with Crippen LogP contribution in [0.1, 0.15) is 6.92 Å². The summed E-state index contributed by atoms with van der Waals surface area (Å²) in [6.45, 7) is 0.105. The molecule has 0 aliphatic carbocycles. The maximum absolute atomic E-state index is 11.5. The Morgan fingerprint density at radius 1 is 1.57 bits per heavy atom. The monoisotopic (exact) mass is 108 g/mol. The predicted molar refractivity (Wildman–Crippen MR) is 22.0 cm³/mol. The zero-order valence-electron chi connectivity index (χ0n) is 3.91. The van der Waals surface area contributed by atoms with Gasteiger partial charge in [0.1, 0.15) is 5.83 Å². The molecule has 0 aliphatic heterocycles. The van der Waals surface area contributed by atoms with Crippen molar-refractivity contribution in [3.8, 4) is 0 Å². The van der Waals surface area contributed by atoms with Gasteiger partial charge in [-0.15, -0.1) is 0 Å². The third-order valence-corrected chi connectivity index (χ3v) is 0.513. The van der Waals surface area contributed by atoms with E-state index in [0.717, 1.165) is 6.92 Å². The van der Waals surface area contributed by atoms with Crippen LogP contribution < -0.4 is 0 Å². The van der Waals surface area contributed by atoms with E-state index in [2.05, 4.69) is 0 Å². The van der Waals surface area contributed by atoms with E-state index in [0.29, 0.717) is 0 Å². The van der Waals surface area contributed by atoms with Crippen molar-refractivity contribution in [2.24, 2.45) is 0 Å². The van der Waals surface area contributed by atoms with Crippen molar-refractivity contribution in [3.63, 3.8) is 0 Å². The van der Waals surface area contributed by atoms with Gasteiger partial charge >= 0.3 is 0 Å². The summed E-state index contributed by atoms with van der Waals surface area (Å²) in [5, 5.41) is 7.83. The molecule has 0 rings (SSSR count). The number of aliphatic hydroxyl groups is 1. The normalized spacial score (nSPS) is 13.7. The van der Waals surface area contributed by atoms with Gasteiger partial charge in [0, 0.05) is 0 Å². The lowest BCUT2D eigenvalue weighted by Crippen LogP contribution is -1.82. The molecule has 0 atom stereocenters. The first-order valence-corrected chi connectivity index (χ1v) is 1.80. The van der Waals surface area contributed by atoms with Gasteiger partial charge in [0.15, 0.2) is 5.83 Å². The molecule has 0 aromatic heterocycles. The molecule has 1 nitrogen and oxygen atoms in total. The van der Waals surface area contributed by atoms with Crippen LogP contribution in [0.25, 0.3) is 0 Å². The molecule has 0 aliphatic rings. The minimum atomic E-state index is -1.10. The van der Waals surface area contributed by atoms with E-state index in [9.17, 15) is 8.78 Å². The summed E-state index contributed by atoms with van der Waals surface area (Å²) >= 11 is 0. The summed E-state index contributed by atoms with van der Waals surface area (Å²) in [6.07, 6.45) is 0. The molecule has 7 heavy (non-hydrogen) atoms. The minimum absolute atomic E-state index is 0.845. The first kappa shape index (κ1) is 6.56. The van der Waals surface area contributed by atoms with Crippen molar-refractivity contribution >= 4 is 0 Å². The lowest BCUT2D eigenvalue weighted by atomic mass is 10.5. The molecule has 1 N–H and O–H groups in total. The first-order chi connectivity index (χ1) is 3.18. The van der Waals surface area contributed by atoms with Gasteiger partial charge in [0.25, 0.3) is 0 Å². The quantitative estimate of drug-likeness (QED) is 0.534. The fourth-order valence-electron chi connectivity index (χ4n) is 0.109. The lowest BCUT2D eigenvalue weighted by Gasteiger charge is -1.85. The summed E-state index contributed by atoms with van der Waals surface area (Å²) < 4.78 is 22.9. The molecule has 0 aromatic carbocycles. The Bertz CT molecular complexity index is 83.7. The molecule has 0 unspecified atom stereocenters. The number of hydrogen-bond donors (Lipinski definition) is 1. The summed E-state index contributed by atoms with van der Waals surface area (Å²) in [5.41, 5.74) is 0. The van der Waals surface area contributed by atoms with Crippen LogP contribution in [0.15, 0.2) is 11.7 Å². The third-order valence-electron chi connectivity index (χ3n) is 0.513. The Morgan fingerprint density at radius 3 is 2.00 bits per heavy atom. The topological polar surface area (TPSA) is 20.2 Å². The standard InChI is InChI=1S/C4H6F2O/c1-3(5)4(6)2-7/h7H,2H2,1H3/b4-3+. The highest BCUT2D eigenvalue weighted by Crippen LogP contribution is 2.03. The van der Waals surface area contributed by atoms with Crippen LogP contribution in [0, 0.1) is 0 Å². The van der Waals surface area contributed by atoms with E-state index in [1.807, 2.05) is 0 Å². The maximum atomic E-state index is 11.5. The molecule has 0 saturated heterocycles. The SMILES string of the molecule is C/C(F)=C(\F)CO. The van der Waals surface area contributed by atoms with Crippen molar-refractivity contribution in [3.05, 3.63) is 11.7 Å². The van der Waals surface area contributed by atoms with Gasteiger partial charge in [0.05, 0.1) is 6.61 Å². The Labute approximate surface area is 40.3 Å². The third kappa shape index (κ3) is 2.28. The molecule has 0 radical (unpaired) electrons. The second kappa shape index (κ2) is 2.69. The van der Waals surface area contributed by atoms with Crippen LogP contribution in [0.5, 0.6) is 0 Å². The molecule has 0 fully saturated rings. The molecule has 0 amide bonds. The highest BCUT2D eigenvalue weighted by Gasteiger charge is 1.94. The van der Waals surface area contributed by atoms with Gasteiger partial charge < -0.3 is 5.11 Å². The van der Waals surface area contributed by atoms with Crippen LogP contribution in [0.3, 0.4) is 0 Å².